The minimum absolute atomic E-state index is 0.151. The first-order valence-electron chi connectivity index (χ1n) is 6.83. The van der Waals surface area contributed by atoms with Crippen LogP contribution >= 0.6 is 0 Å². The molecular weight excluding hydrogens is 218 g/mol. The molecule has 0 aliphatic heterocycles. The van der Waals surface area contributed by atoms with Crippen LogP contribution in [-0.2, 0) is 0 Å². The maximum Gasteiger partial charge on any atom is 0.0303 e. The van der Waals surface area contributed by atoms with Crippen LogP contribution in [0.3, 0.4) is 0 Å². The zero-order chi connectivity index (χ0) is 13.1. The van der Waals surface area contributed by atoms with Gasteiger partial charge in [0.25, 0.3) is 0 Å². The van der Waals surface area contributed by atoms with Gasteiger partial charge >= 0.3 is 0 Å². The van der Waals surface area contributed by atoms with Crippen molar-refractivity contribution in [3.05, 3.63) is 47.5 Å². The number of benzene rings is 2. The lowest BCUT2D eigenvalue weighted by atomic mass is 9.91. The fourth-order valence-electron chi connectivity index (χ4n) is 2.55. The first-order valence-corrected chi connectivity index (χ1v) is 6.83. The maximum atomic E-state index is 6.41. The molecule has 18 heavy (non-hydrogen) atoms. The molecule has 0 radical (unpaired) electrons. The van der Waals surface area contributed by atoms with Crippen molar-refractivity contribution < 1.29 is 0 Å². The molecule has 0 saturated carbocycles. The van der Waals surface area contributed by atoms with E-state index in [-0.39, 0.29) is 6.04 Å². The first kappa shape index (κ1) is 13.1. The van der Waals surface area contributed by atoms with Crippen molar-refractivity contribution in [1.29, 1.82) is 0 Å². The molecule has 0 fully saturated rings. The SMILES string of the molecule is Cc1ccc2ccccc2c1C(N)CCC(C)C. The van der Waals surface area contributed by atoms with E-state index in [9.17, 15) is 0 Å². The van der Waals surface area contributed by atoms with Crippen molar-refractivity contribution in [2.24, 2.45) is 11.7 Å². The second kappa shape index (κ2) is 5.53. The van der Waals surface area contributed by atoms with Crippen LogP contribution in [0.4, 0.5) is 0 Å². The Morgan fingerprint density at radius 2 is 1.72 bits per heavy atom. The lowest BCUT2D eigenvalue weighted by Gasteiger charge is -2.18. The summed E-state index contributed by atoms with van der Waals surface area (Å²) in [5.74, 6) is 0.714. The molecule has 2 rings (SSSR count). The van der Waals surface area contributed by atoms with Crippen LogP contribution in [0, 0.1) is 12.8 Å². The summed E-state index contributed by atoms with van der Waals surface area (Å²) in [6.45, 7) is 6.67. The second-order valence-corrected chi connectivity index (χ2v) is 5.59. The van der Waals surface area contributed by atoms with Gasteiger partial charge in [0.05, 0.1) is 0 Å². The predicted molar refractivity (Wildman–Crippen MR) is 79.7 cm³/mol. The number of hydrogen-bond acceptors (Lipinski definition) is 1. The highest BCUT2D eigenvalue weighted by Crippen LogP contribution is 2.29. The molecule has 1 atom stereocenters. The molecule has 2 aromatic rings. The summed E-state index contributed by atoms with van der Waals surface area (Å²) >= 11 is 0. The van der Waals surface area contributed by atoms with E-state index >= 15 is 0 Å². The maximum absolute atomic E-state index is 6.41. The summed E-state index contributed by atoms with van der Waals surface area (Å²) in [5, 5.41) is 2.60. The highest BCUT2D eigenvalue weighted by Gasteiger charge is 2.13. The zero-order valence-electron chi connectivity index (χ0n) is 11.6. The Bertz CT molecular complexity index is 528. The quantitative estimate of drug-likeness (QED) is 0.832. The first-order chi connectivity index (χ1) is 8.59. The van der Waals surface area contributed by atoms with Gasteiger partial charge in [-0.3, -0.25) is 0 Å². The molecule has 0 heterocycles. The topological polar surface area (TPSA) is 26.0 Å². The lowest BCUT2D eigenvalue weighted by Crippen LogP contribution is -2.13. The molecule has 0 aliphatic rings. The largest absolute Gasteiger partial charge is 0.324 e. The number of hydrogen-bond donors (Lipinski definition) is 1. The van der Waals surface area contributed by atoms with Crippen molar-refractivity contribution in [3.8, 4) is 0 Å². The van der Waals surface area contributed by atoms with Gasteiger partial charge in [0.1, 0.15) is 0 Å². The smallest absolute Gasteiger partial charge is 0.0303 e. The van der Waals surface area contributed by atoms with Crippen LogP contribution in [0.5, 0.6) is 0 Å². The summed E-state index contributed by atoms with van der Waals surface area (Å²) in [7, 11) is 0. The summed E-state index contributed by atoms with van der Waals surface area (Å²) < 4.78 is 0. The minimum Gasteiger partial charge on any atom is -0.324 e. The Labute approximate surface area is 110 Å². The Kier molecular flexibility index (Phi) is 4.03. The van der Waals surface area contributed by atoms with Crippen LogP contribution < -0.4 is 5.73 Å². The van der Waals surface area contributed by atoms with E-state index in [1.54, 1.807) is 0 Å². The van der Waals surface area contributed by atoms with Crippen LogP contribution in [0.25, 0.3) is 10.8 Å². The summed E-state index contributed by atoms with van der Waals surface area (Å²) in [6, 6.07) is 13.1. The minimum atomic E-state index is 0.151. The van der Waals surface area contributed by atoms with E-state index in [0.717, 1.165) is 6.42 Å². The lowest BCUT2D eigenvalue weighted by molar-refractivity contribution is 0.508. The average Bonchev–Trinajstić information content (AvgIpc) is 2.36. The van der Waals surface area contributed by atoms with Crippen molar-refractivity contribution in [2.75, 3.05) is 0 Å². The number of rotatable bonds is 4. The molecule has 0 amide bonds. The number of fused-ring (bicyclic) bond motifs is 1. The Hall–Kier alpha value is -1.34. The number of nitrogens with two attached hydrogens (primary N) is 1. The Morgan fingerprint density at radius 3 is 2.44 bits per heavy atom. The van der Waals surface area contributed by atoms with Gasteiger partial charge in [-0.2, -0.15) is 0 Å². The van der Waals surface area contributed by atoms with E-state index in [2.05, 4.69) is 57.2 Å². The molecule has 2 N–H and O–H groups in total. The number of aryl methyl sites for hydroxylation is 1. The molecule has 1 unspecified atom stereocenters. The van der Waals surface area contributed by atoms with Gasteiger partial charge in [-0.05, 0) is 47.6 Å². The van der Waals surface area contributed by atoms with E-state index in [0.29, 0.717) is 5.92 Å². The Morgan fingerprint density at radius 1 is 1.00 bits per heavy atom. The standard InChI is InChI=1S/C17H23N/c1-12(2)8-11-16(18)17-13(3)9-10-14-6-4-5-7-15(14)17/h4-7,9-10,12,16H,8,11,18H2,1-3H3. The molecule has 0 bridgehead atoms. The van der Waals surface area contributed by atoms with E-state index in [1.165, 1.54) is 28.3 Å². The van der Waals surface area contributed by atoms with E-state index < -0.39 is 0 Å². The second-order valence-electron chi connectivity index (χ2n) is 5.59. The molecule has 0 aromatic heterocycles. The van der Waals surface area contributed by atoms with Gasteiger partial charge in [-0.25, -0.2) is 0 Å². The van der Waals surface area contributed by atoms with Crippen LogP contribution in [0.2, 0.25) is 0 Å². The van der Waals surface area contributed by atoms with Gasteiger partial charge in [-0.15, -0.1) is 0 Å². The highest BCUT2D eigenvalue weighted by atomic mass is 14.6. The van der Waals surface area contributed by atoms with Crippen molar-refractivity contribution in [3.63, 3.8) is 0 Å². The van der Waals surface area contributed by atoms with Crippen LogP contribution in [0.15, 0.2) is 36.4 Å². The average molecular weight is 241 g/mol. The van der Waals surface area contributed by atoms with Crippen molar-refractivity contribution in [1.82, 2.24) is 0 Å². The summed E-state index contributed by atoms with van der Waals surface area (Å²) in [5.41, 5.74) is 9.05. The molecule has 0 saturated heterocycles. The van der Waals surface area contributed by atoms with E-state index in [1.807, 2.05) is 0 Å². The molecule has 0 spiro atoms. The molecular formula is C17H23N. The normalized spacial score (nSPS) is 13.2. The molecule has 0 aliphatic carbocycles. The molecule has 1 heteroatoms. The molecule has 96 valence electrons. The van der Waals surface area contributed by atoms with Crippen molar-refractivity contribution in [2.45, 2.75) is 39.7 Å². The van der Waals surface area contributed by atoms with Gasteiger partial charge in [0.2, 0.25) is 0 Å². The van der Waals surface area contributed by atoms with Crippen LogP contribution in [-0.4, -0.2) is 0 Å². The third kappa shape index (κ3) is 2.73. The molecule has 1 nitrogen and oxygen atoms in total. The monoisotopic (exact) mass is 241 g/mol. The third-order valence-corrected chi connectivity index (χ3v) is 3.61. The van der Waals surface area contributed by atoms with Gasteiger partial charge in [0, 0.05) is 6.04 Å². The zero-order valence-corrected chi connectivity index (χ0v) is 11.6. The Balaban J connectivity index is 2.39. The summed E-state index contributed by atoms with van der Waals surface area (Å²) in [4.78, 5) is 0. The molecule has 2 aromatic carbocycles. The highest BCUT2D eigenvalue weighted by molar-refractivity contribution is 5.87. The third-order valence-electron chi connectivity index (χ3n) is 3.61. The summed E-state index contributed by atoms with van der Waals surface area (Å²) in [6.07, 6.45) is 2.25. The van der Waals surface area contributed by atoms with E-state index in [4.69, 9.17) is 5.73 Å². The van der Waals surface area contributed by atoms with Gasteiger partial charge in [-0.1, -0.05) is 50.2 Å². The predicted octanol–water partition coefficient (Wildman–Crippen LogP) is 4.58. The van der Waals surface area contributed by atoms with Gasteiger partial charge in [0.15, 0.2) is 0 Å². The van der Waals surface area contributed by atoms with Gasteiger partial charge < -0.3 is 5.73 Å². The fraction of sp³-hybridized carbons (Fsp3) is 0.412. The van der Waals surface area contributed by atoms with Crippen LogP contribution in [0.1, 0.15) is 43.9 Å². The fourth-order valence-corrected chi connectivity index (χ4v) is 2.55. The van der Waals surface area contributed by atoms with Crippen molar-refractivity contribution >= 4 is 10.8 Å².